The summed E-state index contributed by atoms with van der Waals surface area (Å²) in [5.74, 6) is 1.52. The van der Waals surface area contributed by atoms with Gasteiger partial charge >= 0.3 is 0 Å². The molecule has 0 heterocycles. The summed E-state index contributed by atoms with van der Waals surface area (Å²) in [4.78, 5) is 0. The SMILES string of the molecule is CNC(c1cccc(Br)c1)c1ccc(OC)c(Br)c1OC. The van der Waals surface area contributed by atoms with Gasteiger partial charge in [0.15, 0.2) is 0 Å². The molecule has 1 atom stereocenters. The fourth-order valence-corrected chi connectivity index (χ4v) is 3.44. The number of rotatable bonds is 5. The molecule has 0 bridgehead atoms. The lowest BCUT2D eigenvalue weighted by Crippen LogP contribution is -2.18. The molecule has 0 fully saturated rings. The summed E-state index contributed by atoms with van der Waals surface area (Å²) in [7, 11) is 5.24. The molecule has 0 radical (unpaired) electrons. The molecule has 0 spiro atoms. The Morgan fingerprint density at radius 3 is 2.38 bits per heavy atom. The molecule has 0 saturated carbocycles. The van der Waals surface area contributed by atoms with Crippen LogP contribution in [0.2, 0.25) is 0 Å². The normalized spacial score (nSPS) is 12.0. The van der Waals surface area contributed by atoms with Crippen molar-refractivity contribution < 1.29 is 9.47 Å². The zero-order chi connectivity index (χ0) is 15.4. The largest absolute Gasteiger partial charge is 0.495 e. The summed E-state index contributed by atoms with van der Waals surface area (Å²) in [6, 6.07) is 12.2. The lowest BCUT2D eigenvalue weighted by atomic mass is 9.98. The molecule has 0 aliphatic carbocycles. The maximum absolute atomic E-state index is 5.57. The van der Waals surface area contributed by atoms with Crippen LogP contribution in [-0.2, 0) is 0 Å². The topological polar surface area (TPSA) is 30.5 Å². The standard InChI is InChI=1S/C16H17Br2NO2/c1-19-15(10-5-4-6-11(17)9-10)12-7-8-13(20-2)14(18)16(12)21-3/h4-9,15,19H,1-3H3. The van der Waals surface area contributed by atoms with Gasteiger partial charge in [0.05, 0.1) is 20.3 Å². The molecule has 0 saturated heterocycles. The smallest absolute Gasteiger partial charge is 0.141 e. The number of benzene rings is 2. The summed E-state index contributed by atoms with van der Waals surface area (Å²) in [6.07, 6.45) is 0. The summed E-state index contributed by atoms with van der Waals surface area (Å²) in [5, 5.41) is 3.34. The van der Waals surface area contributed by atoms with Gasteiger partial charge in [-0.1, -0.05) is 28.1 Å². The van der Waals surface area contributed by atoms with E-state index in [0.29, 0.717) is 0 Å². The monoisotopic (exact) mass is 413 g/mol. The van der Waals surface area contributed by atoms with Crippen LogP contribution >= 0.6 is 31.9 Å². The summed E-state index contributed by atoms with van der Waals surface area (Å²) in [5.41, 5.74) is 2.20. The van der Waals surface area contributed by atoms with Crippen LogP contribution in [0.3, 0.4) is 0 Å². The third-order valence-corrected chi connectivity index (χ3v) is 4.54. The summed E-state index contributed by atoms with van der Waals surface area (Å²) < 4.78 is 12.8. The van der Waals surface area contributed by atoms with Crippen molar-refractivity contribution in [1.29, 1.82) is 0 Å². The van der Waals surface area contributed by atoms with Crippen molar-refractivity contribution in [2.45, 2.75) is 6.04 Å². The fraction of sp³-hybridized carbons (Fsp3) is 0.250. The Balaban J connectivity index is 2.55. The molecule has 1 unspecified atom stereocenters. The van der Waals surface area contributed by atoms with E-state index in [-0.39, 0.29) is 6.04 Å². The van der Waals surface area contributed by atoms with E-state index in [1.54, 1.807) is 14.2 Å². The van der Waals surface area contributed by atoms with Crippen LogP contribution in [0, 0.1) is 0 Å². The van der Waals surface area contributed by atoms with Gasteiger partial charge < -0.3 is 14.8 Å². The van der Waals surface area contributed by atoms with Crippen LogP contribution in [0.1, 0.15) is 17.2 Å². The van der Waals surface area contributed by atoms with Crippen molar-refractivity contribution in [2.24, 2.45) is 0 Å². The molecule has 2 aromatic carbocycles. The minimum atomic E-state index is 0.0275. The molecule has 112 valence electrons. The van der Waals surface area contributed by atoms with Gasteiger partial charge in [-0.3, -0.25) is 0 Å². The molecule has 2 rings (SSSR count). The predicted molar refractivity (Wildman–Crippen MR) is 92.3 cm³/mol. The second-order valence-electron chi connectivity index (χ2n) is 4.48. The van der Waals surface area contributed by atoms with Gasteiger partial charge in [0.25, 0.3) is 0 Å². The first kappa shape index (κ1) is 16.3. The second-order valence-corrected chi connectivity index (χ2v) is 6.19. The molecule has 1 N–H and O–H groups in total. The highest BCUT2D eigenvalue weighted by Crippen LogP contribution is 2.41. The first-order valence-electron chi connectivity index (χ1n) is 6.45. The maximum Gasteiger partial charge on any atom is 0.141 e. The zero-order valence-electron chi connectivity index (χ0n) is 12.1. The molecule has 21 heavy (non-hydrogen) atoms. The van der Waals surface area contributed by atoms with Crippen LogP contribution in [0.25, 0.3) is 0 Å². The van der Waals surface area contributed by atoms with Crippen molar-refractivity contribution in [1.82, 2.24) is 5.32 Å². The fourth-order valence-electron chi connectivity index (χ4n) is 2.33. The minimum absolute atomic E-state index is 0.0275. The van der Waals surface area contributed by atoms with E-state index in [0.717, 1.165) is 31.6 Å². The minimum Gasteiger partial charge on any atom is -0.495 e. The van der Waals surface area contributed by atoms with E-state index in [4.69, 9.17) is 9.47 Å². The highest BCUT2D eigenvalue weighted by Gasteiger charge is 2.20. The first-order valence-corrected chi connectivity index (χ1v) is 8.04. The van der Waals surface area contributed by atoms with Gasteiger partial charge in [-0.25, -0.2) is 0 Å². The van der Waals surface area contributed by atoms with Gasteiger partial charge in [0.1, 0.15) is 16.0 Å². The Labute approximate surface area is 141 Å². The van der Waals surface area contributed by atoms with Crippen LogP contribution in [0.15, 0.2) is 45.3 Å². The third kappa shape index (κ3) is 3.42. The van der Waals surface area contributed by atoms with E-state index in [1.165, 1.54) is 0 Å². The number of methoxy groups -OCH3 is 2. The highest BCUT2D eigenvalue weighted by atomic mass is 79.9. The van der Waals surface area contributed by atoms with Gasteiger partial charge in [-0.05, 0) is 52.8 Å². The Hall–Kier alpha value is -1.04. The van der Waals surface area contributed by atoms with Crippen molar-refractivity contribution in [2.75, 3.05) is 21.3 Å². The third-order valence-electron chi connectivity index (χ3n) is 3.30. The second kappa shape index (κ2) is 7.29. The average Bonchev–Trinajstić information content (AvgIpc) is 2.48. The van der Waals surface area contributed by atoms with Crippen LogP contribution in [-0.4, -0.2) is 21.3 Å². The first-order chi connectivity index (χ1) is 10.1. The Kier molecular flexibility index (Phi) is 5.67. The molecule has 5 heteroatoms. The Bertz CT molecular complexity index is 632. The van der Waals surface area contributed by atoms with Gasteiger partial charge in [0, 0.05) is 10.0 Å². The van der Waals surface area contributed by atoms with E-state index in [1.807, 2.05) is 31.3 Å². The van der Waals surface area contributed by atoms with Crippen LogP contribution in [0.5, 0.6) is 11.5 Å². The number of halogens is 2. The molecule has 3 nitrogen and oxygen atoms in total. The predicted octanol–water partition coefficient (Wildman–Crippen LogP) is 4.54. The zero-order valence-corrected chi connectivity index (χ0v) is 15.3. The number of nitrogens with one attached hydrogen (secondary N) is 1. The van der Waals surface area contributed by atoms with Crippen LogP contribution < -0.4 is 14.8 Å². The van der Waals surface area contributed by atoms with Gasteiger partial charge in [0.2, 0.25) is 0 Å². The van der Waals surface area contributed by atoms with E-state index in [2.05, 4.69) is 49.3 Å². The van der Waals surface area contributed by atoms with Crippen molar-refractivity contribution in [3.8, 4) is 11.5 Å². The lowest BCUT2D eigenvalue weighted by molar-refractivity contribution is 0.383. The van der Waals surface area contributed by atoms with Crippen molar-refractivity contribution >= 4 is 31.9 Å². The van der Waals surface area contributed by atoms with Gasteiger partial charge in [-0.2, -0.15) is 0 Å². The number of hydrogen-bond acceptors (Lipinski definition) is 3. The number of hydrogen-bond donors (Lipinski definition) is 1. The molecular formula is C16H17Br2NO2. The number of ether oxygens (including phenoxy) is 2. The van der Waals surface area contributed by atoms with Crippen molar-refractivity contribution in [3.05, 3.63) is 56.5 Å². The van der Waals surface area contributed by atoms with Crippen LogP contribution in [0.4, 0.5) is 0 Å². The van der Waals surface area contributed by atoms with Crippen molar-refractivity contribution in [3.63, 3.8) is 0 Å². The molecule has 0 amide bonds. The molecular weight excluding hydrogens is 398 g/mol. The average molecular weight is 415 g/mol. The Morgan fingerprint density at radius 1 is 1.05 bits per heavy atom. The van der Waals surface area contributed by atoms with Gasteiger partial charge in [-0.15, -0.1) is 0 Å². The molecule has 0 aliphatic heterocycles. The van der Waals surface area contributed by atoms with E-state index < -0.39 is 0 Å². The maximum atomic E-state index is 5.57. The lowest BCUT2D eigenvalue weighted by Gasteiger charge is -2.22. The quantitative estimate of drug-likeness (QED) is 0.779. The highest BCUT2D eigenvalue weighted by molar-refractivity contribution is 9.11. The van der Waals surface area contributed by atoms with E-state index >= 15 is 0 Å². The Morgan fingerprint density at radius 2 is 1.81 bits per heavy atom. The molecule has 0 aliphatic rings. The molecule has 2 aromatic rings. The summed E-state index contributed by atoms with van der Waals surface area (Å²) in [6.45, 7) is 0. The summed E-state index contributed by atoms with van der Waals surface area (Å²) >= 11 is 7.07. The molecule has 0 aromatic heterocycles. The van der Waals surface area contributed by atoms with E-state index in [9.17, 15) is 0 Å².